The van der Waals surface area contributed by atoms with Gasteiger partial charge in [0.1, 0.15) is 12.9 Å². The number of ether oxygens (including phenoxy) is 3. The van der Waals surface area contributed by atoms with Gasteiger partial charge in [-0.05, 0) is 44.0 Å². The summed E-state index contributed by atoms with van der Waals surface area (Å²) in [5.41, 5.74) is 8.03. The van der Waals surface area contributed by atoms with Crippen LogP contribution in [0.25, 0.3) is 21.8 Å². The van der Waals surface area contributed by atoms with Crippen LogP contribution in [0.2, 0.25) is 0 Å². The molecule has 1 aliphatic rings. The Balaban J connectivity index is 1.52. The number of halogens is 1. The molecule has 2 heterocycles. The van der Waals surface area contributed by atoms with E-state index >= 15 is 0 Å². The van der Waals surface area contributed by atoms with Crippen LogP contribution < -0.4 is 19.9 Å². The van der Waals surface area contributed by atoms with E-state index in [-0.39, 0.29) is 17.2 Å². The van der Waals surface area contributed by atoms with Crippen LogP contribution in [0.1, 0.15) is 18.5 Å². The topological polar surface area (TPSA) is 95.3 Å². The zero-order valence-corrected chi connectivity index (χ0v) is 16.7. The van der Waals surface area contributed by atoms with Gasteiger partial charge < -0.3 is 24.9 Å². The lowest BCUT2D eigenvalue weighted by atomic mass is 10.2. The van der Waals surface area contributed by atoms with Crippen molar-refractivity contribution in [2.24, 2.45) is 5.73 Å². The molecule has 7 nitrogen and oxygen atoms in total. The fraction of sp³-hybridized carbons (Fsp3) is 0.273. The van der Waals surface area contributed by atoms with Crippen molar-refractivity contribution in [3.8, 4) is 23.1 Å². The molecule has 0 bridgehead atoms. The van der Waals surface area contributed by atoms with E-state index < -0.39 is 5.82 Å². The standard InChI is InChI=1S/C22H21FN4O3/c1-12-7-13-15(27-12)3-4-17(20(13)23)30-21-14-8-18(28-2)19(9-16(14)25-11-26-21)29-10-22(24)5-6-22/h3-4,7-9,11,27H,5-6,10,24H2,1-2H3. The zero-order valence-electron chi connectivity index (χ0n) is 16.7. The summed E-state index contributed by atoms with van der Waals surface area (Å²) in [7, 11) is 1.55. The highest BCUT2D eigenvalue weighted by Gasteiger charge is 2.39. The van der Waals surface area contributed by atoms with Gasteiger partial charge in [0.25, 0.3) is 0 Å². The summed E-state index contributed by atoms with van der Waals surface area (Å²) < 4.78 is 32.1. The summed E-state index contributed by atoms with van der Waals surface area (Å²) in [6.07, 6.45) is 3.26. The Kier molecular flexibility index (Phi) is 4.25. The second-order valence-corrected chi connectivity index (χ2v) is 7.74. The molecular weight excluding hydrogens is 387 g/mol. The van der Waals surface area contributed by atoms with Crippen molar-refractivity contribution in [1.82, 2.24) is 15.0 Å². The van der Waals surface area contributed by atoms with Gasteiger partial charge in [0.15, 0.2) is 23.1 Å². The number of rotatable bonds is 6. The molecule has 0 saturated heterocycles. The van der Waals surface area contributed by atoms with Crippen molar-refractivity contribution < 1.29 is 18.6 Å². The molecule has 0 amide bonds. The second-order valence-electron chi connectivity index (χ2n) is 7.74. The van der Waals surface area contributed by atoms with E-state index in [1.807, 2.05) is 6.92 Å². The van der Waals surface area contributed by atoms with Crippen LogP contribution in [0.3, 0.4) is 0 Å². The number of fused-ring (bicyclic) bond motifs is 2. The van der Waals surface area contributed by atoms with Crippen molar-refractivity contribution in [2.45, 2.75) is 25.3 Å². The minimum Gasteiger partial charge on any atom is -0.493 e. The quantitative estimate of drug-likeness (QED) is 0.496. The number of hydrogen-bond donors (Lipinski definition) is 2. The molecule has 0 aliphatic heterocycles. The number of H-pyrrole nitrogens is 1. The molecule has 2 aromatic carbocycles. The molecule has 0 radical (unpaired) electrons. The Hall–Kier alpha value is -3.39. The van der Waals surface area contributed by atoms with Crippen LogP contribution in [-0.2, 0) is 0 Å². The predicted molar refractivity (Wildman–Crippen MR) is 111 cm³/mol. The summed E-state index contributed by atoms with van der Waals surface area (Å²) >= 11 is 0. The largest absolute Gasteiger partial charge is 0.493 e. The number of aromatic amines is 1. The van der Waals surface area contributed by atoms with E-state index in [9.17, 15) is 4.39 Å². The first kappa shape index (κ1) is 18.6. The lowest BCUT2D eigenvalue weighted by Crippen LogP contribution is -2.29. The molecule has 4 aromatic rings. The van der Waals surface area contributed by atoms with Gasteiger partial charge in [0.05, 0.1) is 23.6 Å². The maximum absolute atomic E-state index is 15.0. The lowest BCUT2D eigenvalue weighted by molar-refractivity contribution is 0.264. The summed E-state index contributed by atoms with van der Waals surface area (Å²) in [5.74, 6) is 0.908. The second kappa shape index (κ2) is 6.84. The maximum Gasteiger partial charge on any atom is 0.230 e. The molecule has 0 atom stereocenters. The number of nitrogens with two attached hydrogens (primary N) is 1. The third-order valence-electron chi connectivity index (χ3n) is 5.34. The van der Waals surface area contributed by atoms with Crippen molar-refractivity contribution in [2.75, 3.05) is 13.7 Å². The first-order valence-corrected chi connectivity index (χ1v) is 9.66. The Bertz CT molecular complexity index is 1270. The first-order valence-electron chi connectivity index (χ1n) is 9.66. The third kappa shape index (κ3) is 3.29. The van der Waals surface area contributed by atoms with Crippen LogP contribution in [0.4, 0.5) is 4.39 Å². The molecule has 8 heteroatoms. The SMILES string of the molecule is COc1cc2c(Oc3ccc4[nH]c(C)cc4c3F)ncnc2cc1OCC1(N)CC1. The summed E-state index contributed by atoms with van der Waals surface area (Å²) in [4.78, 5) is 11.6. The zero-order chi connectivity index (χ0) is 20.9. The van der Waals surface area contributed by atoms with Gasteiger partial charge in [-0.2, -0.15) is 0 Å². The Morgan fingerprint density at radius 1 is 1.10 bits per heavy atom. The molecular formula is C22H21FN4O3. The van der Waals surface area contributed by atoms with Crippen molar-refractivity contribution >= 4 is 21.8 Å². The first-order chi connectivity index (χ1) is 14.5. The Labute approximate surface area is 172 Å². The van der Waals surface area contributed by atoms with Gasteiger partial charge in [0, 0.05) is 22.7 Å². The highest BCUT2D eigenvalue weighted by molar-refractivity contribution is 5.87. The van der Waals surface area contributed by atoms with Crippen LogP contribution in [0.15, 0.2) is 36.7 Å². The Morgan fingerprint density at radius 3 is 2.70 bits per heavy atom. The molecule has 1 fully saturated rings. The minimum atomic E-state index is -0.451. The molecule has 1 aliphatic carbocycles. The summed E-state index contributed by atoms with van der Waals surface area (Å²) in [6, 6.07) is 8.58. The van der Waals surface area contributed by atoms with E-state index in [2.05, 4.69) is 15.0 Å². The fourth-order valence-corrected chi connectivity index (χ4v) is 3.39. The van der Waals surface area contributed by atoms with Crippen molar-refractivity contribution in [3.05, 3.63) is 48.2 Å². The average molecular weight is 408 g/mol. The molecule has 1 saturated carbocycles. The highest BCUT2D eigenvalue weighted by Crippen LogP contribution is 2.39. The minimum absolute atomic E-state index is 0.0830. The van der Waals surface area contributed by atoms with Crippen LogP contribution in [-0.4, -0.2) is 34.2 Å². The summed E-state index contributed by atoms with van der Waals surface area (Å²) in [6.45, 7) is 2.28. The number of benzene rings is 2. The van der Waals surface area contributed by atoms with Crippen LogP contribution in [0.5, 0.6) is 23.1 Å². The van der Waals surface area contributed by atoms with Gasteiger partial charge in [0.2, 0.25) is 5.88 Å². The molecule has 2 aromatic heterocycles. The van der Waals surface area contributed by atoms with Gasteiger partial charge in [-0.25, -0.2) is 14.4 Å². The number of aromatic nitrogens is 3. The van der Waals surface area contributed by atoms with Crippen molar-refractivity contribution in [1.29, 1.82) is 0 Å². The monoisotopic (exact) mass is 408 g/mol. The predicted octanol–water partition coefficient (Wildman–Crippen LogP) is 4.23. The molecule has 30 heavy (non-hydrogen) atoms. The third-order valence-corrected chi connectivity index (χ3v) is 5.34. The number of nitrogens with zero attached hydrogens (tertiary/aromatic N) is 2. The molecule has 0 spiro atoms. The van der Waals surface area contributed by atoms with Gasteiger partial charge >= 0.3 is 0 Å². The van der Waals surface area contributed by atoms with E-state index in [1.165, 1.54) is 6.33 Å². The van der Waals surface area contributed by atoms with Gasteiger partial charge in [-0.15, -0.1) is 0 Å². The number of hydrogen-bond acceptors (Lipinski definition) is 6. The number of aryl methyl sites for hydroxylation is 1. The molecule has 0 unspecified atom stereocenters. The van der Waals surface area contributed by atoms with E-state index in [0.29, 0.717) is 39.9 Å². The van der Waals surface area contributed by atoms with E-state index in [1.54, 1.807) is 37.4 Å². The molecule has 154 valence electrons. The lowest BCUT2D eigenvalue weighted by Gasteiger charge is -2.15. The van der Waals surface area contributed by atoms with Crippen LogP contribution >= 0.6 is 0 Å². The van der Waals surface area contributed by atoms with Crippen molar-refractivity contribution in [3.63, 3.8) is 0 Å². The van der Waals surface area contributed by atoms with Crippen LogP contribution in [0, 0.1) is 12.7 Å². The van der Waals surface area contributed by atoms with E-state index in [0.717, 1.165) is 18.5 Å². The average Bonchev–Trinajstić information content (AvgIpc) is 3.35. The highest BCUT2D eigenvalue weighted by atomic mass is 19.1. The molecule has 5 rings (SSSR count). The van der Waals surface area contributed by atoms with E-state index in [4.69, 9.17) is 19.9 Å². The maximum atomic E-state index is 15.0. The fourth-order valence-electron chi connectivity index (χ4n) is 3.39. The number of methoxy groups -OCH3 is 1. The molecule has 3 N–H and O–H groups in total. The normalized spacial score (nSPS) is 14.8. The summed E-state index contributed by atoms with van der Waals surface area (Å²) in [5, 5.41) is 1.05. The number of nitrogens with one attached hydrogen (secondary N) is 1. The van der Waals surface area contributed by atoms with Gasteiger partial charge in [-0.1, -0.05) is 0 Å². The Morgan fingerprint density at radius 2 is 1.93 bits per heavy atom. The smallest absolute Gasteiger partial charge is 0.230 e. The van der Waals surface area contributed by atoms with Gasteiger partial charge in [-0.3, -0.25) is 0 Å².